The van der Waals surface area contributed by atoms with Gasteiger partial charge in [0.15, 0.2) is 6.61 Å². The van der Waals surface area contributed by atoms with E-state index in [1.165, 1.54) is 0 Å². The number of halogens is 2. The summed E-state index contributed by atoms with van der Waals surface area (Å²) < 4.78 is 4.86. The highest BCUT2D eigenvalue weighted by molar-refractivity contribution is 6.42. The van der Waals surface area contributed by atoms with Crippen molar-refractivity contribution in [3.05, 3.63) is 69.7 Å². The van der Waals surface area contributed by atoms with E-state index in [1.807, 2.05) is 0 Å². The average molecular weight is 409 g/mol. The number of esters is 1. The maximum atomic E-state index is 11.9. The van der Waals surface area contributed by atoms with Crippen LogP contribution in [0.3, 0.4) is 0 Å². The minimum atomic E-state index is -0.711. The molecule has 0 aromatic heterocycles. The van der Waals surface area contributed by atoms with Gasteiger partial charge in [-0.2, -0.15) is 0 Å². The molecule has 0 saturated heterocycles. The van der Waals surface area contributed by atoms with Crippen molar-refractivity contribution in [3.63, 3.8) is 0 Å². The minimum Gasteiger partial charge on any atom is -0.454 e. The first-order chi connectivity index (χ1) is 12.9. The van der Waals surface area contributed by atoms with Crippen LogP contribution < -0.4 is 10.6 Å². The van der Waals surface area contributed by atoms with Gasteiger partial charge in [0.1, 0.15) is 6.54 Å². The molecule has 6 nitrogen and oxygen atoms in total. The maximum Gasteiger partial charge on any atom is 0.325 e. The van der Waals surface area contributed by atoms with E-state index < -0.39 is 24.4 Å². The van der Waals surface area contributed by atoms with Crippen LogP contribution in [0.4, 0.5) is 0 Å². The summed E-state index contributed by atoms with van der Waals surface area (Å²) in [5.74, 6) is -1.59. The van der Waals surface area contributed by atoms with Crippen LogP contribution in [0.25, 0.3) is 0 Å². The van der Waals surface area contributed by atoms with E-state index in [2.05, 4.69) is 10.6 Å². The summed E-state index contributed by atoms with van der Waals surface area (Å²) in [5, 5.41) is 5.92. The van der Waals surface area contributed by atoms with Gasteiger partial charge in [0.2, 0.25) is 0 Å². The van der Waals surface area contributed by atoms with Crippen molar-refractivity contribution >= 4 is 41.0 Å². The van der Waals surface area contributed by atoms with E-state index in [1.54, 1.807) is 55.5 Å². The summed E-state index contributed by atoms with van der Waals surface area (Å²) in [5.41, 5.74) is 1.19. The SMILES string of the molecule is C[C@@H](NC(=O)COC(=O)CNC(=O)c1ccccc1)c1ccc(Cl)c(Cl)c1. The number of hydrogen-bond donors (Lipinski definition) is 2. The Morgan fingerprint density at radius 1 is 1.04 bits per heavy atom. The number of carbonyl (C=O) groups is 3. The topological polar surface area (TPSA) is 84.5 Å². The molecule has 2 amide bonds. The fourth-order valence-electron chi connectivity index (χ4n) is 2.19. The van der Waals surface area contributed by atoms with Gasteiger partial charge in [0.25, 0.3) is 11.8 Å². The van der Waals surface area contributed by atoms with Crippen molar-refractivity contribution < 1.29 is 19.1 Å². The van der Waals surface area contributed by atoms with Gasteiger partial charge >= 0.3 is 5.97 Å². The zero-order chi connectivity index (χ0) is 19.8. The van der Waals surface area contributed by atoms with E-state index in [-0.39, 0.29) is 12.6 Å². The number of hydrogen-bond acceptors (Lipinski definition) is 4. The van der Waals surface area contributed by atoms with Crippen LogP contribution >= 0.6 is 23.2 Å². The first-order valence-electron chi connectivity index (χ1n) is 8.10. The van der Waals surface area contributed by atoms with Crippen molar-refractivity contribution in [2.45, 2.75) is 13.0 Å². The third-order valence-electron chi connectivity index (χ3n) is 3.61. The second-order valence-corrected chi connectivity index (χ2v) is 6.49. The molecule has 0 aliphatic carbocycles. The molecule has 0 aliphatic rings. The number of carbonyl (C=O) groups excluding carboxylic acids is 3. The molecule has 0 spiro atoms. The van der Waals surface area contributed by atoms with Crippen molar-refractivity contribution in [3.8, 4) is 0 Å². The summed E-state index contributed by atoms with van der Waals surface area (Å²) in [6, 6.07) is 13.1. The zero-order valence-electron chi connectivity index (χ0n) is 14.5. The van der Waals surface area contributed by atoms with Gasteiger partial charge in [-0.3, -0.25) is 14.4 Å². The van der Waals surface area contributed by atoms with Gasteiger partial charge in [-0.1, -0.05) is 47.5 Å². The van der Waals surface area contributed by atoms with Crippen molar-refractivity contribution in [2.75, 3.05) is 13.2 Å². The molecule has 142 valence electrons. The Morgan fingerprint density at radius 3 is 2.41 bits per heavy atom. The highest BCUT2D eigenvalue weighted by atomic mass is 35.5. The second kappa shape index (κ2) is 9.94. The van der Waals surface area contributed by atoms with Crippen molar-refractivity contribution in [2.24, 2.45) is 0 Å². The van der Waals surface area contributed by atoms with E-state index in [4.69, 9.17) is 27.9 Å². The molecule has 0 heterocycles. The molecule has 27 heavy (non-hydrogen) atoms. The molecule has 0 unspecified atom stereocenters. The van der Waals surface area contributed by atoms with Crippen LogP contribution in [0.5, 0.6) is 0 Å². The van der Waals surface area contributed by atoms with Crippen LogP contribution in [0.2, 0.25) is 10.0 Å². The lowest BCUT2D eigenvalue weighted by atomic mass is 10.1. The van der Waals surface area contributed by atoms with Crippen molar-refractivity contribution in [1.29, 1.82) is 0 Å². The molecule has 2 rings (SSSR count). The number of amides is 2. The molecule has 1 atom stereocenters. The van der Waals surface area contributed by atoms with Gasteiger partial charge in [-0.25, -0.2) is 0 Å². The maximum absolute atomic E-state index is 11.9. The zero-order valence-corrected chi connectivity index (χ0v) is 16.0. The Bertz CT molecular complexity index is 828. The Balaban J connectivity index is 1.73. The fraction of sp³-hybridized carbons (Fsp3) is 0.211. The number of rotatable bonds is 7. The van der Waals surface area contributed by atoms with Gasteiger partial charge in [0.05, 0.1) is 16.1 Å². The third kappa shape index (κ3) is 6.58. The van der Waals surface area contributed by atoms with Gasteiger partial charge in [-0.05, 0) is 36.8 Å². The molecule has 2 aromatic carbocycles. The fourth-order valence-corrected chi connectivity index (χ4v) is 2.50. The van der Waals surface area contributed by atoms with Crippen LogP contribution in [-0.2, 0) is 14.3 Å². The lowest BCUT2D eigenvalue weighted by Crippen LogP contribution is -2.34. The number of benzene rings is 2. The molecule has 0 bridgehead atoms. The first kappa shape index (κ1) is 20.7. The first-order valence-corrected chi connectivity index (χ1v) is 8.85. The van der Waals surface area contributed by atoms with Crippen LogP contribution in [-0.4, -0.2) is 30.9 Å². The van der Waals surface area contributed by atoms with Gasteiger partial charge < -0.3 is 15.4 Å². The summed E-state index contributed by atoms with van der Waals surface area (Å²) in [4.78, 5) is 35.4. The predicted molar refractivity (Wildman–Crippen MR) is 103 cm³/mol. The minimum absolute atomic E-state index is 0.330. The average Bonchev–Trinajstić information content (AvgIpc) is 2.67. The molecule has 2 N–H and O–H groups in total. The quantitative estimate of drug-likeness (QED) is 0.689. The lowest BCUT2D eigenvalue weighted by molar-refractivity contribution is -0.147. The van der Waals surface area contributed by atoms with Gasteiger partial charge in [0, 0.05) is 5.56 Å². The summed E-state index contributed by atoms with van der Waals surface area (Å²) >= 11 is 11.8. The Labute approximate surface area is 166 Å². The molecule has 0 aliphatic heterocycles. The molecule has 0 radical (unpaired) electrons. The van der Waals surface area contributed by atoms with Crippen LogP contribution in [0.15, 0.2) is 48.5 Å². The molecule has 2 aromatic rings. The largest absolute Gasteiger partial charge is 0.454 e. The molecule has 8 heteroatoms. The Kier molecular flexibility index (Phi) is 7.64. The third-order valence-corrected chi connectivity index (χ3v) is 4.35. The second-order valence-electron chi connectivity index (χ2n) is 5.67. The van der Waals surface area contributed by atoms with Crippen LogP contribution in [0.1, 0.15) is 28.9 Å². The molecular weight excluding hydrogens is 391 g/mol. The number of nitrogens with one attached hydrogen (secondary N) is 2. The lowest BCUT2D eigenvalue weighted by Gasteiger charge is -2.15. The summed E-state index contributed by atoms with van der Waals surface area (Å²) in [6.45, 7) is 0.981. The summed E-state index contributed by atoms with van der Waals surface area (Å²) in [7, 11) is 0. The molecular formula is C19H18Cl2N2O4. The van der Waals surface area contributed by atoms with E-state index >= 15 is 0 Å². The van der Waals surface area contributed by atoms with Gasteiger partial charge in [-0.15, -0.1) is 0 Å². The smallest absolute Gasteiger partial charge is 0.325 e. The van der Waals surface area contributed by atoms with E-state index in [0.29, 0.717) is 15.6 Å². The monoisotopic (exact) mass is 408 g/mol. The normalized spacial score (nSPS) is 11.4. The Morgan fingerprint density at radius 2 is 1.74 bits per heavy atom. The van der Waals surface area contributed by atoms with Crippen LogP contribution in [0, 0.1) is 0 Å². The summed E-state index contributed by atoms with van der Waals surface area (Å²) in [6.07, 6.45) is 0. The predicted octanol–water partition coefficient (Wildman–Crippen LogP) is 3.14. The van der Waals surface area contributed by atoms with Crippen molar-refractivity contribution in [1.82, 2.24) is 10.6 Å². The van der Waals surface area contributed by atoms with E-state index in [0.717, 1.165) is 5.56 Å². The highest BCUT2D eigenvalue weighted by Gasteiger charge is 2.14. The number of ether oxygens (including phenoxy) is 1. The standard InChI is InChI=1S/C19H18Cl2N2O4/c1-12(14-7-8-15(20)16(21)9-14)23-17(24)11-27-18(25)10-22-19(26)13-5-3-2-4-6-13/h2-9,12H,10-11H2,1H3,(H,22,26)(H,23,24)/t12-/m1/s1. The Hall–Kier alpha value is -2.57. The highest BCUT2D eigenvalue weighted by Crippen LogP contribution is 2.25. The van der Waals surface area contributed by atoms with E-state index in [9.17, 15) is 14.4 Å². The molecule has 0 saturated carbocycles. The molecule has 0 fully saturated rings.